The molecule has 1 aromatic rings. The van der Waals surface area contributed by atoms with Crippen LogP contribution in [0, 0.1) is 0 Å². The van der Waals surface area contributed by atoms with Gasteiger partial charge in [0.15, 0.2) is 6.29 Å². The topological polar surface area (TPSA) is 74.6 Å². The average molecular weight is 323 g/mol. The van der Waals surface area contributed by atoms with E-state index in [-0.39, 0.29) is 18.1 Å². The predicted molar refractivity (Wildman–Crippen MR) is 82.8 cm³/mol. The first-order chi connectivity index (χ1) is 11.3. The lowest BCUT2D eigenvalue weighted by Gasteiger charge is -2.23. The van der Waals surface area contributed by atoms with E-state index in [1.54, 1.807) is 10.9 Å². The van der Waals surface area contributed by atoms with Crippen molar-refractivity contribution in [1.29, 1.82) is 0 Å². The van der Waals surface area contributed by atoms with E-state index in [9.17, 15) is 4.79 Å². The Hall–Kier alpha value is -1.44. The summed E-state index contributed by atoms with van der Waals surface area (Å²) in [5.74, 6) is 0.0172. The highest BCUT2D eigenvalue weighted by molar-refractivity contribution is 5.94. The molecule has 0 bridgehead atoms. The van der Waals surface area contributed by atoms with Crippen LogP contribution in [0.2, 0.25) is 0 Å². The van der Waals surface area contributed by atoms with Gasteiger partial charge in [-0.2, -0.15) is 5.10 Å². The van der Waals surface area contributed by atoms with Crippen LogP contribution >= 0.6 is 0 Å². The average Bonchev–Trinajstić information content (AvgIpc) is 3.06. The van der Waals surface area contributed by atoms with Crippen molar-refractivity contribution in [3.05, 3.63) is 17.5 Å². The van der Waals surface area contributed by atoms with Gasteiger partial charge in [-0.1, -0.05) is 0 Å². The molecule has 1 unspecified atom stereocenters. The van der Waals surface area contributed by atoms with Crippen molar-refractivity contribution in [2.45, 2.75) is 57.8 Å². The van der Waals surface area contributed by atoms with Crippen LogP contribution in [0.15, 0.2) is 6.20 Å². The van der Waals surface area contributed by atoms with Gasteiger partial charge in [0.1, 0.15) is 0 Å². The molecule has 23 heavy (non-hydrogen) atoms. The van der Waals surface area contributed by atoms with E-state index in [0.717, 1.165) is 57.6 Å². The van der Waals surface area contributed by atoms with Crippen LogP contribution in [0.3, 0.4) is 0 Å². The van der Waals surface area contributed by atoms with Crippen LogP contribution < -0.4 is 5.48 Å². The third kappa shape index (κ3) is 4.10. The number of hydroxylamine groups is 1. The number of nitrogens with zero attached hydrogens (tertiary/aromatic N) is 2. The zero-order valence-electron chi connectivity index (χ0n) is 13.6. The molecular formula is C16H25N3O4. The molecule has 3 heterocycles. The molecular weight excluding hydrogens is 298 g/mol. The van der Waals surface area contributed by atoms with Crippen LogP contribution in [0.1, 0.15) is 61.0 Å². The highest BCUT2D eigenvalue weighted by Crippen LogP contribution is 2.28. The van der Waals surface area contributed by atoms with Gasteiger partial charge < -0.3 is 9.47 Å². The van der Waals surface area contributed by atoms with Crippen molar-refractivity contribution in [3.63, 3.8) is 0 Å². The van der Waals surface area contributed by atoms with E-state index in [1.807, 2.05) is 6.92 Å². The normalized spacial score (nSPS) is 22.9. The molecule has 1 amide bonds. The Kier molecular flexibility index (Phi) is 5.64. The summed E-state index contributed by atoms with van der Waals surface area (Å²) in [6.45, 7) is 4.86. The molecule has 3 rings (SSSR count). The van der Waals surface area contributed by atoms with Crippen LogP contribution in [-0.4, -0.2) is 41.8 Å². The lowest BCUT2D eigenvalue weighted by Crippen LogP contribution is -2.33. The van der Waals surface area contributed by atoms with E-state index in [0.29, 0.717) is 12.2 Å². The smallest absolute Gasteiger partial charge is 0.278 e. The summed E-state index contributed by atoms with van der Waals surface area (Å²) < 4.78 is 12.7. The van der Waals surface area contributed by atoms with E-state index in [2.05, 4.69) is 10.6 Å². The van der Waals surface area contributed by atoms with Crippen molar-refractivity contribution in [3.8, 4) is 0 Å². The van der Waals surface area contributed by atoms with Gasteiger partial charge in [-0.3, -0.25) is 9.48 Å². The quantitative estimate of drug-likeness (QED) is 0.839. The molecule has 7 heteroatoms. The lowest BCUT2D eigenvalue weighted by molar-refractivity contribution is -0.186. The molecule has 1 N–H and O–H groups in total. The molecule has 0 spiro atoms. The minimum absolute atomic E-state index is 0.250. The standard InChI is InChI=1S/C16H25N3O4/c1-2-19-11-13(15(17-19)12-6-9-21-10-7-12)16(20)18-23-14-5-3-4-8-22-14/h11-12,14H,2-10H2,1H3,(H,18,20). The van der Waals surface area contributed by atoms with Crippen molar-refractivity contribution in [1.82, 2.24) is 15.3 Å². The molecule has 0 aromatic carbocycles. The van der Waals surface area contributed by atoms with Gasteiger partial charge in [-0.05, 0) is 32.6 Å². The van der Waals surface area contributed by atoms with Crippen molar-refractivity contribution < 1.29 is 19.1 Å². The Morgan fingerprint density at radius 3 is 2.87 bits per heavy atom. The number of nitrogens with one attached hydrogen (secondary N) is 1. The monoisotopic (exact) mass is 323 g/mol. The molecule has 2 fully saturated rings. The summed E-state index contributed by atoms with van der Waals surface area (Å²) in [5.41, 5.74) is 3.98. The second-order valence-electron chi connectivity index (χ2n) is 6.02. The molecule has 2 aliphatic rings. The van der Waals surface area contributed by atoms with Crippen LogP contribution in [0.25, 0.3) is 0 Å². The first-order valence-electron chi connectivity index (χ1n) is 8.50. The van der Waals surface area contributed by atoms with Crippen molar-refractivity contribution >= 4 is 5.91 Å². The summed E-state index contributed by atoms with van der Waals surface area (Å²) in [7, 11) is 0. The molecule has 0 aliphatic carbocycles. The zero-order valence-corrected chi connectivity index (χ0v) is 13.6. The summed E-state index contributed by atoms with van der Waals surface area (Å²) in [4.78, 5) is 17.9. The summed E-state index contributed by atoms with van der Waals surface area (Å²) >= 11 is 0. The Bertz CT molecular complexity index is 519. The molecule has 1 atom stereocenters. The van der Waals surface area contributed by atoms with Crippen molar-refractivity contribution in [2.75, 3.05) is 19.8 Å². The van der Waals surface area contributed by atoms with E-state index >= 15 is 0 Å². The van der Waals surface area contributed by atoms with Gasteiger partial charge in [-0.25, -0.2) is 10.3 Å². The molecule has 0 radical (unpaired) electrons. The number of hydrogen-bond acceptors (Lipinski definition) is 5. The first-order valence-corrected chi connectivity index (χ1v) is 8.50. The summed E-state index contributed by atoms with van der Waals surface area (Å²) in [6, 6.07) is 0. The van der Waals surface area contributed by atoms with E-state index in [1.165, 1.54) is 0 Å². The number of aromatic nitrogens is 2. The maximum atomic E-state index is 12.5. The van der Waals surface area contributed by atoms with E-state index in [4.69, 9.17) is 14.3 Å². The molecule has 2 saturated heterocycles. The van der Waals surface area contributed by atoms with Gasteiger partial charge in [0.05, 0.1) is 11.3 Å². The number of hydrogen-bond donors (Lipinski definition) is 1. The number of rotatable bonds is 5. The fourth-order valence-corrected chi connectivity index (χ4v) is 3.02. The largest absolute Gasteiger partial charge is 0.381 e. The lowest BCUT2D eigenvalue weighted by atomic mass is 9.94. The van der Waals surface area contributed by atoms with Crippen LogP contribution in [0.5, 0.6) is 0 Å². The highest BCUT2D eigenvalue weighted by Gasteiger charge is 2.26. The molecule has 1 aromatic heterocycles. The number of carbonyl (C=O) groups is 1. The maximum absolute atomic E-state index is 12.5. The van der Waals surface area contributed by atoms with Crippen LogP contribution in [-0.2, 0) is 20.9 Å². The van der Waals surface area contributed by atoms with Gasteiger partial charge in [0.2, 0.25) is 0 Å². The van der Waals surface area contributed by atoms with Gasteiger partial charge in [0, 0.05) is 44.9 Å². The Morgan fingerprint density at radius 2 is 2.17 bits per heavy atom. The third-order valence-electron chi connectivity index (χ3n) is 4.39. The molecule has 7 nitrogen and oxygen atoms in total. The fourth-order valence-electron chi connectivity index (χ4n) is 3.02. The molecule has 2 aliphatic heterocycles. The second-order valence-corrected chi connectivity index (χ2v) is 6.02. The third-order valence-corrected chi connectivity index (χ3v) is 4.39. The number of aryl methyl sites for hydroxylation is 1. The first kappa shape index (κ1) is 16.4. The Balaban J connectivity index is 1.66. The Morgan fingerprint density at radius 1 is 1.35 bits per heavy atom. The molecule has 0 saturated carbocycles. The number of carbonyl (C=O) groups excluding carboxylic acids is 1. The number of amides is 1. The summed E-state index contributed by atoms with van der Waals surface area (Å²) in [5, 5.41) is 4.58. The highest BCUT2D eigenvalue weighted by atomic mass is 16.8. The minimum Gasteiger partial charge on any atom is -0.381 e. The zero-order chi connectivity index (χ0) is 16.1. The SMILES string of the molecule is CCn1cc(C(=O)NOC2CCCCO2)c(C2CCOCC2)n1. The summed E-state index contributed by atoms with van der Waals surface area (Å²) in [6.07, 6.45) is 6.15. The predicted octanol–water partition coefficient (Wildman–Crippen LogP) is 1.98. The number of ether oxygens (including phenoxy) is 2. The maximum Gasteiger partial charge on any atom is 0.278 e. The second kappa shape index (κ2) is 7.90. The van der Waals surface area contributed by atoms with Crippen molar-refractivity contribution in [2.24, 2.45) is 0 Å². The van der Waals surface area contributed by atoms with Crippen LogP contribution in [0.4, 0.5) is 0 Å². The Labute approximate surface area is 136 Å². The minimum atomic E-state index is -0.347. The van der Waals surface area contributed by atoms with Gasteiger partial charge >= 0.3 is 0 Å². The van der Waals surface area contributed by atoms with Gasteiger partial charge in [0.25, 0.3) is 5.91 Å². The van der Waals surface area contributed by atoms with Gasteiger partial charge in [-0.15, -0.1) is 0 Å². The molecule has 128 valence electrons. The van der Waals surface area contributed by atoms with E-state index < -0.39 is 0 Å². The fraction of sp³-hybridized carbons (Fsp3) is 0.750.